The lowest BCUT2D eigenvalue weighted by Gasteiger charge is -2.22. The number of hydrogen-bond donors (Lipinski definition) is 0. The van der Waals surface area contributed by atoms with Crippen molar-refractivity contribution in [3.8, 4) is 0 Å². The quantitative estimate of drug-likeness (QED) is 0.399. The molecule has 0 N–H and O–H groups in total. The van der Waals surface area contributed by atoms with Gasteiger partial charge >= 0.3 is 5.97 Å². The molecule has 0 fully saturated rings. The topological polar surface area (TPSA) is 46.6 Å². The Labute approximate surface area is 156 Å². The number of carbonyl (C=O) groups excluding carboxylic acids is 2. The minimum absolute atomic E-state index is 0.120. The average Bonchev–Trinajstić information content (AvgIpc) is 2.62. The van der Waals surface area contributed by atoms with Gasteiger partial charge in [0.2, 0.25) is 5.91 Å². The van der Waals surface area contributed by atoms with E-state index in [0.29, 0.717) is 13.0 Å². The molecule has 1 rings (SSSR count). The third-order valence-corrected chi connectivity index (χ3v) is 4.47. The van der Waals surface area contributed by atoms with Crippen molar-refractivity contribution in [1.29, 1.82) is 0 Å². The smallest absolute Gasteiger partial charge is 0.307 e. The fraction of sp³-hybridized carbons (Fsp3) is 0.600. The number of unbranched alkanes of at least 4 members (excludes halogenated alkanes) is 3. The number of aryl methyl sites for hydroxylation is 1. The second kappa shape index (κ2) is 12.8. The SMILES string of the molecule is CCCCCCN(CCC(=O)OC)C(=O)CCCc1ccc(Cl)cc1. The number of amides is 1. The second-order valence-corrected chi connectivity index (χ2v) is 6.68. The monoisotopic (exact) mass is 367 g/mol. The van der Waals surface area contributed by atoms with Crippen molar-refractivity contribution in [1.82, 2.24) is 4.90 Å². The summed E-state index contributed by atoms with van der Waals surface area (Å²) >= 11 is 5.88. The molecule has 0 aromatic heterocycles. The molecule has 0 aliphatic rings. The maximum Gasteiger partial charge on any atom is 0.307 e. The first-order valence-corrected chi connectivity index (χ1v) is 9.53. The summed E-state index contributed by atoms with van der Waals surface area (Å²) in [5, 5.41) is 0.723. The highest BCUT2D eigenvalue weighted by Crippen LogP contribution is 2.13. The van der Waals surface area contributed by atoms with E-state index in [9.17, 15) is 9.59 Å². The second-order valence-electron chi connectivity index (χ2n) is 6.25. The maximum atomic E-state index is 12.5. The number of nitrogens with zero attached hydrogens (tertiary/aromatic N) is 1. The van der Waals surface area contributed by atoms with Crippen LogP contribution in [0.15, 0.2) is 24.3 Å². The first kappa shape index (κ1) is 21.5. The zero-order chi connectivity index (χ0) is 18.5. The highest BCUT2D eigenvalue weighted by Gasteiger charge is 2.14. The molecule has 0 radical (unpaired) electrons. The zero-order valence-corrected chi connectivity index (χ0v) is 16.2. The van der Waals surface area contributed by atoms with Gasteiger partial charge in [0, 0.05) is 24.5 Å². The summed E-state index contributed by atoms with van der Waals surface area (Å²) in [6.45, 7) is 3.33. The molecular weight excluding hydrogens is 338 g/mol. The van der Waals surface area contributed by atoms with Crippen molar-refractivity contribution >= 4 is 23.5 Å². The number of ether oxygens (including phenoxy) is 1. The van der Waals surface area contributed by atoms with Crippen LogP contribution in [0.25, 0.3) is 0 Å². The van der Waals surface area contributed by atoms with Crippen molar-refractivity contribution in [3.63, 3.8) is 0 Å². The van der Waals surface area contributed by atoms with Gasteiger partial charge in [-0.3, -0.25) is 9.59 Å². The first-order chi connectivity index (χ1) is 12.1. The van der Waals surface area contributed by atoms with Gasteiger partial charge in [-0.05, 0) is 37.0 Å². The number of carbonyl (C=O) groups is 2. The molecule has 140 valence electrons. The molecule has 1 aromatic carbocycles. The van der Waals surface area contributed by atoms with Crippen LogP contribution in [0, 0.1) is 0 Å². The summed E-state index contributed by atoms with van der Waals surface area (Å²) in [4.78, 5) is 25.7. The molecule has 0 heterocycles. The minimum atomic E-state index is -0.271. The number of halogens is 1. The Bertz CT molecular complexity index is 516. The van der Waals surface area contributed by atoms with Crippen LogP contribution in [0.3, 0.4) is 0 Å². The summed E-state index contributed by atoms with van der Waals surface area (Å²) in [5.74, 6) is -0.151. The van der Waals surface area contributed by atoms with Crippen LogP contribution in [0.4, 0.5) is 0 Å². The van der Waals surface area contributed by atoms with E-state index in [1.165, 1.54) is 19.1 Å². The molecule has 0 bridgehead atoms. The molecule has 5 heteroatoms. The van der Waals surface area contributed by atoms with Gasteiger partial charge in [-0.15, -0.1) is 0 Å². The zero-order valence-electron chi connectivity index (χ0n) is 15.4. The lowest BCUT2D eigenvalue weighted by Crippen LogP contribution is -2.34. The third-order valence-electron chi connectivity index (χ3n) is 4.22. The van der Waals surface area contributed by atoms with Crippen molar-refractivity contribution in [3.05, 3.63) is 34.9 Å². The van der Waals surface area contributed by atoms with Crippen LogP contribution in [-0.4, -0.2) is 37.0 Å². The molecule has 0 saturated heterocycles. The summed E-state index contributed by atoms with van der Waals surface area (Å²) in [6, 6.07) is 7.73. The standard InChI is InChI=1S/C20H30ClNO3/c1-3-4-5-6-15-22(16-14-20(24)25-2)19(23)9-7-8-17-10-12-18(21)13-11-17/h10-13H,3-9,14-16H2,1-2H3. The van der Waals surface area contributed by atoms with E-state index in [0.717, 1.165) is 43.7 Å². The highest BCUT2D eigenvalue weighted by molar-refractivity contribution is 6.30. The van der Waals surface area contributed by atoms with Crippen molar-refractivity contribution in [2.75, 3.05) is 20.2 Å². The van der Waals surface area contributed by atoms with Crippen LogP contribution in [0.5, 0.6) is 0 Å². The fourth-order valence-electron chi connectivity index (χ4n) is 2.67. The average molecular weight is 368 g/mol. The number of esters is 1. The lowest BCUT2D eigenvalue weighted by molar-refractivity contribution is -0.141. The predicted molar refractivity (Wildman–Crippen MR) is 102 cm³/mol. The van der Waals surface area contributed by atoms with Gasteiger partial charge in [0.1, 0.15) is 0 Å². The molecule has 1 aromatic rings. The van der Waals surface area contributed by atoms with Gasteiger partial charge in [0.05, 0.1) is 13.5 Å². The Morgan fingerprint density at radius 3 is 2.36 bits per heavy atom. The Morgan fingerprint density at radius 1 is 1.00 bits per heavy atom. The van der Waals surface area contributed by atoms with E-state index in [1.807, 2.05) is 29.2 Å². The Morgan fingerprint density at radius 2 is 1.72 bits per heavy atom. The normalized spacial score (nSPS) is 10.5. The summed E-state index contributed by atoms with van der Waals surface area (Å²) in [6.07, 6.45) is 6.84. The Hall–Kier alpha value is -1.55. The number of rotatable bonds is 12. The van der Waals surface area contributed by atoms with E-state index < -0.39 is 0 Å². The predicted octanol–water partition coefficient (Wildman–Crippen LogP) is 4.63. The molecule has 25 heavy (non-hydrogen) atoms. The first-order valence-electron chi connectivity index (χ1n) is 9.15. The van der Waals surface area contributed by atoms with E-state index in [-0.39, 0.29) is 18.3 Å². The lowest BCUT2D eigenvalue weighted by atomic mass is 10.1. The summed E-state index contributed by atoms with van der Waals surface area (Å²) in [5.41, 5.74) is 1.18. The molecule has 0 atom stereocenters. The van der Waals surface area contributed by atoms with Crippen LogP contribution in [0.1, 0.15) is 57.4 Å². The molecule has 0 aliphatic carbocycles. The van der Waals surface area contributed by atoms with Gasteiger partial charge in [0.25, 0.3) is 0 Å². The van der Waals surface area contributed by atoms with E-state index in [2.05, 4.69) is 11.7 Å². The maximum absolute atomic E-state index is 12.5. The molecule has 0 spiro atoms. The van der Waals surface area contributed by atoms with Gasteiger partial charge < -0.3 is 9.64 Å². The molecule has 0 saturated carbocycles. The van der Waals surface area contributed by atoms with Gasteiger partial charge in [-0.25, -0.2) is 0 Å². The summed E-state index contributed by atoms with van der Waals surface area (Å²) in [7, 11) is 1.38. The molecular formula is C20H30ClNO3. The molecule has 4 nitrogen and oxygen atoms in total. The van der Waals surface area contributed by atoms with Crippen molar-refractivity contribution in [2.45, 2.75) is 58.3 Å². The van der Waals surface area contributed by atoms with Crippen LogP contribution < -0.4 is 0 Å². The molecule has 0 unspecified atom stereocenters. The van der Waals surface area contributed by atoms with E-state index in [1.54, 1.807) is 0 Å². The van der Waals surface area contributed by atoms with Crippen molar-refractivity contribution in [2.24, 2.45) is 0 Å². The van der Waals surface area contributed by atoms with Crippen molar-refractivity contribution < 1.29 is 14.3 Å². The minimum Gasteiger partial charge on any atom is -0.469 e. The van der Waals surface area contributed by atoms with E-state index >= 15 is 0 Å². The van der Waals surface area contributed by atoms with Gasteiger partial charge in [0.15, 0.2) is 0 Å². The van der Waals surface area contributed by atoms with Crippen LogP contribution in [-0.2, 0) is 20.7 Å². The Kier molecular flexibility index (Phi) is 11.0. The molecule has 1 amide bonds. The van der Waals surface area contributed by atoms with Crippen LogP contribution >= 0.6 is 11.6 Å². The van der Waals surface area contributed by atoms with Crippen LogP contribution in [0.2, 0.25) is 5.02 Å². The fourth-order valence-corrected chi connectivity index (χ4v) is 2.80. The van der Waals surface area contributed by atoms with Gasteiger partial charge in [-0.1, -0.05) is 49.9 Å². The molecule has 0 aliphatic heterocycles. The largest absolute Gasteiger partial charge is 0.469 e. The highest BCUT2D eigenvalue weighted by atomic mass is 35.5. The van der Waals surface area contributed by atoms with E-state index in [4.69, 9.17) is 11.6 Å². The number of hydrogen-bond acceptors (Lipinski definition) is 3. The summed E-state index contributed by atoms with van der Waals surface area (Å²) < 4.78 is 4.68. The Balaban J connectivity index is 2.42. The van der Waals surface area contributed by atoms with Gasteiger partial charge in [-0.2, -0.15) is 0 Å². The number of benzene rings is 1. The third kappa shape index (κ3) is 9.49. The number of methoxy groups -OCH3 is 1.